The van der Waals surface area contributed by atoms with E-state index in [0.717, 1.165) is 0 Å². The van der Waals surface area contributed by atoms with Crippen molar-refractivity contribution in [1.82, 2.24) is 9.36 Å². The molecule has 1 amide bonds. The highest BCUT2D eigenvalue weighted by Crippen LogP contribution is 2.41. The van der Waals surface area contributed by atoms with E-state index in [0.29, 0.717) is 49.1 Å². The van der Waals surface area contributed by atoms with Crippen LogP contribution in [0.3, 0.4) is 0 Å². The number of nitrogens with zero attached hydrogens (tertiary/aromatic N) is 3. The fraction of sp³-hybridized carbons (Fsp3) is 0.120. The first-order valence-electron chi connectivity index (χ1n) is 10.6. The molecule has 0 saturated carbocycles. The first-order valence-corrected chi connectivity index (χ1v) is 12.7. The minimum Gasteiger partial charge on any atom is -0.457 e. The molecule has 1 aliphatic heterocycles. The molecule has 2 aromatic carbocycles. The van der Waals surface area contributed by atoms with Crippen LogP contribution in [0, 0.1) is 6.92 Å². The summed E-state index contributed by atoms with van der Waals surface area (Å²) < 4.78 is 8.63. The van der Waals surface area contributed by atoms with Gasteiger partial charge in [0.05, 0.1) is 21.3 Å². The number of anilines is 1. The predicted octanol–water partition coefficient (Wildman–Crippen LogP) is 6.39. The summed E-state index contributed by atoms with van der Waals surface area (Å²) in [6.45, 7) is 1.81. The number of rotatable bonds is 4. The van der Waals surface area contributed by atoms with Crippen LogP contribution in [-0.4, -0.2) is 20.0 Å². The van der Waals surface area contributed by atoms with Gasteiger partial charge >= 0.3 is 0 Å². The number of thioether (sulfide) groups is 1. The molecule has 4 aromatic rings. The Morgan fingerprint density at radius 1 is 1.06 bits per heavy atom. The van der Waals surface area contributed by atoms with Crippen molar-refractivity contribution < 1.29 is 9.21 Å². The summed E-state index contributed by atoms with van der Waals surface area (Å²) >= 11 is 18.2. The Morgan fingerprint density at radius 3 is 2.54 bits per heavy atom. The van der Waals surface area contributed by atoms with Crippen LogP contribution >= 0.6 is 47.6 Å². The SMILES string of the molecule is Cc1c(N2C(=O)/C(=C/c3ccc(-c4cc(Cl)ccc4Cl)o3)SC2S)c(=O)n(-c2ccccc2)n1C. The second-order valence-electron chi connectivity index (χ2n) is 7.86. The number of amides is 1. The van der Waals surface area contributed by atoms with Gasteiger partial charge in [0.25, 0.3) is 11.5 Å². The summed E-state index contributed by atoms with van der Waals surface area (Å²) in [5.74, 6) is 0.684. The first-order chi connectivity index (χ1) is 16.8. The fourth-order valence-corrected chi connectivity index (χ4v) is 5.83. The van der Waals surface area contributed by atoms with E-state index in [1.165, 1.54) is 16.7 Å². The largest absolute Gasteiger partial charge is 0.457 e. The second-order valence-corrected chi connectivity index (χ2v) is 10.7. The Balaban J connectivity index is 1.49. The van der Waals surface area contributed by atoms with Crippen LogP contribution in [-0.2, 0) is 11.8 Å². The molecule has 3 heterocycles. The van der Waals surface area contributed by atoms with Crippen LogP contribution in [0.5, 0.6) is 0 Å². The number of hydrogen-bond donors (Lipinski definition) is 1. The molecule has 2 aromatic heterocycles. The summed E-state index contributed by atoms with van der Waals surface area (Å²) in [4.78, 5) is 28.7. The van der Waals surface area contributed by atoms with E-state index in [-0.39, 0.29) is 11.5 Å². The normalized spacial score (nSPS) is 17.1. The van der Waals surface area contributed by atoms with Gasteiger partial charge in [0.1, 0.15) is 21.9 Å². The molecule has 178 valence electrons. The quantitative estimate of drug-likeness (QED) is 0.239. The van der Waals surface area contributed by atoms with Crippen molar-refractivity contribution in [3.05, 3.63) is 97.4 Å². The van der Waals surface area contributed by atoms with Gasteiger partial charge in [-0.3, -0.25) is 19.2 Å². The number of hydrogen-bond acceptors (Lipinski definition) is 5. The van der Waals surface area contributed by atoms with Crippen molar-refractivity contribution in [2.75, 3.05) is 4.90 Å². The van der Waals surface area contributed by atoms with Gasteiger partial charge in [-0.25, -0.2) is 4.68 Å². The third-order valence-electron chi connectivity index (χ3n) is 5.74. The van der Waals surface area contributed by atoms with Crippen molar-refractivity contribution in [2.45, 2.75) is 11.6 Å². The van der Waals surface area contributed by atoms with Crippen molar-refractivity contribution in [1.29, 1.82) is 0 Å². The number of thiol groups is 1. The molecule has 6 nitrogen and oxygen atoms in total. The maximum absolute atomic E-state index is 13.4. The zero-order valence-electron chi connectivity index (χ0n) is 18.6. The molecule has 10 heteroatoms. The molecule has 1 atom stereocenters. The maximum atomic E-state index is 13.4. The molecule has 1 saturated heterocycles. The van der Waals surface area contributed by atoms with Gasteiger partial charge in [-0.1, -0.05) is 53.2 Å². The lowest BCUT2D eigenvalue weighted by Crippen LogP contribution is -2.34. The summed E-state index contributed by atoms with van der Waals surface area (Å²) in [6, 6.07) is 17.9. The number of aromatic nitrogens is 2. The van der Waals surface area contributed by atoms with Crippen LogP contribution in [0.2, 0.25) is 10.0 Å². The molecule has 1 fully saturated rings. The molecule has 35 heavy (non-hydrogen) atoms. The second kappa shape index (κ2) is 9.35. The monoisotopic (exact) mass is 543 g/mol. The Bertz CT molecular complexity index is 1540. The van der Waals surface area contributed by atoms with Crippen molar-refractivity contribution in [2.24, 2.45) is 7.05 Å². The summed E-state index contributed by atoms with van der Waals surface area (Å²) in [6.07, 6.45) is 1.65. The third-order valence-corrected chi connectivity index (χ3v) is 7.82. The summed E-state index contributed by atoms with van der Waals surface area (Å²) in [5.41, 5.74) is 2.03. The van der Waals surface area contributed by atoms with E-state index >= 15 is 0 Å². The smallest absolute Gasteiger partial charge is 0.295 e. The van der Waals surface area contributed by atoms with Crippen LogP contribution in [0.1, 0.15) is 11.5 Å². The molecule has 0 radical (unpaired) electrons. The lowest BCUT2D eigenvalue weighted by Gasteiger charge is -2.17. The highest BCUT2D eigenvalue weighted by atomic mass is 35.5. The zero-order chi connectivity index (χ0) is 24.9. The Labute approximate surface area is 221 Å². The van der Waals surface area contributed by atoms with Gasteiger partial charge in [-0.15, -0.1) is 12.6 Å². The Hall–Kier alpha value is -2.78. The van der Waals surface area contributed by atoms with E-state index in [1.807, 2.05) is 37.3 Å². The van der Waals surface area contributed by atoms with Gasteiger partial charge in [-0.2, -0.15) is 0 Å². The number of furan rings is 1. The van der Waals surface area contributed by atoms with Crippen LogP contribution in [0.4, 0.5) is 5.69 Å². The van der Waals surface area contributed by atoms with Gasteiger partial charge in [-0.05, 0) is 49.4 Å². The van der Waals surface area contributed by atoms with Crippen molar-refractivity contribution in [3.63, 3.8) is 0 Å². The molecule has 1 aliphatic rings. The standard InChI is InChI=1S/C25H19Cl2N3O3S2/c1-14-22(24(32)30(28(14)2)16-6-4-3-5-7-16)29-23(31)21(35-25(29)34)13-17-9-11-20(33-17)18-12-15(26)8-10-19(18)27/h3-13,25,34H,1-2H3/b21-13-. The average molecular weight is 544 g/mol. The number of carbonyl (C=O) groups excluding carboxylic acids is 1. The first kappa shape index (κ1) is 23.9. The van der Waals surface area contributed by atoms with E-state index in [2.05, 4.69) is 12.6 Å². The number of carbonyl (C=O) groups is 1. The molecule has 5 rings (SSSR count). The van der Waals surface area contributed by atoms with Gasteiger partial charge in [0, 0.05) is 23.7 Å². The van der Waals surface area contributed by atoms with E-state index in [4.69, 9.17) is 27.6 Å². The van der Waals surface area contributed by atoms with Gasteiger partial charge < -0.3 is 4.42 Å². The Morgan fingerprint density at radius 2 is 1.80 bits per heavy atom. The van der Waals surface area contributed by atoms with E-state index < -0.39 is 4.71 Å². The highest BCUT2D eigenvalue weighted by Gasteiger charge is 2.39. The molecule has 1 unspecified atom stereocenters. The van der Waals surface area contributed by atoms with Crippen molar-refractivity contribution in [3.8, 4) is 17.0 Å². The molecule has 0 N–H and O–H groups in total. The number of para-hydroxylation sites is 1. The summed E-state index contributed by atoms with van der Waals surface area (Å²) in [7, 11) is 1.79. The lowest BCUT2D eigenvalue weighted by atomic mass is 10.2. The van der Waals surface area contributed by atoms with Gasteiger partial charge in [0.15, 0.2) is 0 Å². The van der Waals surface area contributed by atoms with Crippen molar-refractivity contribution >= 4 is 65.3 Å². The Kier molecular flexibility index (Phi) is 6.40. The predicted molar refractivity (Wildman–Crippen MR) is 146 cm³/mol. The topological polar surface area (TPSA) is 60.4 Å². The molecular weight excluding hydrogens is 525 g/mol. The summed E-state index contributed by atoms with van der Waals surface area (Å²) in [5, 5.41) is 1.04. The van der Waals surface area contributed by atoms with Crippen LogP contribution < -0.4 is 10.5 Å². The molecule has 0 bridgehead atoms. The van der Waals surface area contributed by atoms with E-state index in [1.54, 1.807) is 52.8 Å². The minimum absolute atomic E-state index is 0.290. The van der Waals surface area contributed by atoms with Crippen LogP contribution in [0.25, 0.3) is 23.1 Å². The van der Waals surface area contributed by atoms with Gasteiger partial charge in [0.2, 0.25) is 0 Å². The number of benzene rings is 2. The molecular formula is C25H19Cl2N3O3S2. The van der Waals surface area contributed by atoms with Crippen LogP contribution in [0.15, 0.2) is 74.8 Å². The zero-order valence-corrected chi connectivity index (χ0v) is 21.8. The number of halogens is 2. The maximum Gasteiger partial charge on any atom is 0.295 e. The third kappa shape index (κ3) is 4.25. The average Bonchev–Trinajstić information content (AvgIpc) is 3.47. The van der Waals surface area contributed by atoms with E-state index in [9.17, 15) is 9.59 Å². The molecule has 0 aliphatic carbocycles. The minimum atomic E-state index is -0.566. The lowest BCUT2D eigenvalue weighted by molar-refractivity contribution is -0.114. The molecule has 0 spiro atoms. The highest BCUT2D eigenvalue weighted by molar-refractivity contribution is 8.14. The fourth-order valence-electron chi connectivity index (χ4n) is 3.97.